The third-order valence-electron chi connectivity index (χ3n) is 5.94. The largest absolute Gasteiger partial charge is 0.495 e. The van der Waals surface area contributed by atoms with Gasteiger partial charge in [-0.25, -0.2) is 9.97 Å². The van der Waals surface area contributed by atoms with Crippen LogP contribution in [-0.2, 0) is 11.2 Å². The molecular formula is C25H26N6O3S. The lowest BCUT2D eigenvalue weighted by Crippen LogP contribution is -2.37. The van der Waals surface area contributed by atoms with E-state index in [1.807, 2.05) is 36.7 Å². The van der Waals surface area contributed by atoms with Crippen LogP contribution in [0.25, 0.3) is 21.7 Å². The number of amides is 1. The van der Waals surface area contributed by atoms with Gasteiger partial charge in [0.2, 0.25) is 0 Å². The number of anilines is 1. The molecule has 0 N–H and O–H groups in total. The summed E-state index contributed by atoms with van der Waals surface area (Å²) in [4.78, 5) is 36.5. The lowest BCUT2D eigenvalue weighted by molar-refractivity contribution is 0.0799. The van der Waals surface area contributed by atoms with Crippen molar-refractivity contribution in [1.29, 1.82) is 0 Å². The zero-order valence-corrected chi connectivity index (χ0v) is 20.5. The van der Waals surface area contributed by atoms with Crippen molar-refractivity contribution in [3.8, 4) is 17.3 Å². The molecule has 5 rings (SSSR count). The van der Waals surface area contributed by atoms with Crippen molar-refractivity contribution >= 4 is 33.3 Å². The van der Waals surface area contributed by atoms with Gasteiger partial charge in [0, 0.05) is 44.5 Å². The van der Waals surface area contributed by atoms with Crippen LogP contribution in [0.5, 0.6) is 5.75 Å². The Labute approximate surface area is 207 Å². The van der Waals surface area contributed by atoms with Crippen LogP contribution < -0.4 is 9.64 Å². The number of hydrogen-bond donors (Lipinski definition) is 0. The Kier molecular flexibility index (Phi) is 6.82. The molecule has 10 heteroatoms. The van der Waals surface area contributed by atoms with Gasteiger partial charge in [-0.3, -0.25) is 14.8 Å². The highest BCUT2D eigenvalue weighted by Gasteiger charge is 2.25. The minimum atomic E-state index is -0.0594. The Bertz CT molecular complexity index is 1320. The van der Waals surface area contributed by atoms with Crippen molar-refractivity contribution in [1.82, 2.24) is 24.8 Å². The first-order valence-corrected chi connectivity index (χ1v) is 12.3. The van der Waals surface area contributed by atoms with Gasteiger partial charge < -0.3 is 19.3 Å². The molecule has 0 aliphatic carbocycles. The van der Waals surface area contributed by atoms with E-state index in [1.54, 1.807) is 30.6 Å². The minimum Gasteiger partial charge on any atom is -0.495 e. The van der Waals surface area contributed by atoms with E-state index in [0.29, 0.717) is 62.1 Å². The number of carbonyl (C=O) groups is 1. The zero-order chi connectivity index (χ0) is 24.2. The second kappa shape index (κ2) is 10.3. The average molecular weight is 491 g/mol. The molecule has 0 saturated carbocycles. The summed E-state index contributed by atoms with van der Waals surface area (Å²) < 4.78 is 10.8. The van der Waals surface area contributed by atoms with Gasteiger partial charge in [-0.1, -0.05) is 6.07 Å². The smallest absolute Gasteiger partial charge is 0.255 e. The van der Waals surface area contributed by atoms with E-state index in [4.69, 9.17) is 19.4 Å². The van der Waals surface area contributed by atoms with Crippen LogP contribution in [0.3, 0.4) is 0 Å². The molecule has 0 unspecified atom stereocenters. The number of nitrogens with zero attached hydrogens (tertiary/aromatic N) is 6. The summed E-state index contributed by atoms with van der Waals surface area (Å²) in [6, 6.07) is 7.62. The van der Waals surface area contributed by atoms with Crippen molar-refractivity contribution in [2.75, 3.05) is 51.9 Å². The van der Waals surface area contributed by atoms with Crippen LogP contribution in [0, 0.1) is 0 Å². The molecule has 0 aromatic carbocycles. The predicted molar refractivity (Wildman–Crippen MR) is 135 cm³/mol. The van der Waals surface area contributed by atoms with Gasteiger partial charge in [-0.05, 0) is 30.2 Å². The van der Waals surface area contributed by atoms with Crippen molar-refractivity contribution in [3.05, 3.63) is 59.4 Å². The Morgan fingerprint density at radius 2 is 2.09 bits per heavy atom. The molecule has 1 fully saturated rings. The molecule has 0 bridgehead atoms. The van der Waals surface area contributed by atoms with E-state index in [0.717, 1.165) is 21.6 Å². The highest BCUT2D eigenvalue weighted by molar-refractivity contribution is 7.17. The number of likely N-dealkylation sites (N-methyl/N-ethyl adjacent to an activating group) is 1. The number of rotatable bonds is 7. The van der Waals surface area contributed by atoms with Crippen molar-refractivity contribution in [2.45, 2.75) is 6.42 Å². The highest BCUT2D eigenvalue weighted by atomic mass is 32.1. The Balaban J connectivity index is 1.47. The van der Waals surface area contributed by atoms with Crippen LogP contribution in [0.1, 0.15) is 15.9 Å². The van der Waals surface area contributed by atoms with Crippen LogP contribution in [0.15, 0.2) is 48.2 Å². The van der Waals surface area contributed by atoms with E-state index in [9.17, 15) is 4.79 Å². The summed E-state index contributed by atoms with van der Waals surface area (Å²) in [6.07, 6.45) is 5.87. The summed E-state index contributed by atoms with van der Waals surface area (Å²) >= 11 is 1.46. The summed E-state index contributed by atoms with van der Waals surface area (Å²) in [6.45, 7) is 3.19. The second-order valence-electron chi connectivity index (χ2n) is 8.22. The fraction of sp³-hybridized carbons (Fsp3) is 0.320. The average Bonchev–Trinajstić information content (AvgIpc) is 3.36. The normalized spacial score (nSPS) is 13.7. The first kappa shape index (κ1) is 23.1. The molecule has 1 aliphatic heterocycles. The number of fused-ring (bicyclic) bond motifs is 1. The van der Waals surface area contributed by atoms with Crippen LogP contribution in [0.4, 0.5) is 5.82 Å². The van der Waals surface area contributed by atoms with Gasteiger partial charge in [-0.15, -0.1) is 11.3 Å². The minimum absolute atomic E-state index is 0.0594. The van der Waals surface area contributed by atoms with Crippen LogP contribution >= 0.6 is 11.3 Å². The lowest BCUT2D eigenvalue weighted by Gasteiger charge is -2.29. The van der Waals surface area contributed by atoms with E-state index in [1.165, 1.54) is 11.3 Å². The maximum atomic E-state index is 13.5. The molecule has 35 heavy (non-hydrogen) atoms. The van der Waals surface area contributed by atoms with Crippen molar-refractivity contribution < 1.29 is 14.3 Å². The molecular weight excluding hydrogens is 464 g/mol. The standard InChI is InChI=1S/C25H26N6O3S/c1-30(8-6-17-13-18(33-2)15-26-14-17)25(32)19-16-35-24-21(19)23(31-9-11-34-12-10-31)28-22(29-24)20-5-3-4-7-27-20/h3-5,7,13-16H,6,8-12H2,1-2H3. The number of pyridine rings is 2. The zero-order valence-electron chi connectivity index (χ0n) is 19.7. The molecule has 0 atom stereocenters. The summed E-state index contributed by atoms with van der Waals surface area (Å²) in [5, 5.41) is 2.67. The second-order valence-corrected chi connectivity index (χ2v) is 9.08. The molecule has 1 amide bonds. The first-order chi connectivity index (χ1) is 17.1. The molecule has 9 nitrogen and oxygen atoms in total. The number of aromatic nitrogens is 4. The highest BCUT2D eigenvalue weighted by Crippen LogP contribution is 2.35. The first-order valence-electron chi connectivity index (χ1n) is 11.4. The number of ether oxygens (including phenoxy) is 2. The van der Waals surface area contributed by atoms with Gasteiger partial charge in [0.25, 0.3) is 5.91 Å². The quantitative estimate of drug-likeness (QED) is 0.390. The van der Waals surface area contributed by atoms with Gasteiger partial charge in [0.1, 0.15) is 22.1 Å². The summed E-state index contributed by atoms with van der Waals surface area (Å²) in [5.74, 6) is 1.96. The molecule has 5 heterocycles. The number of morpholine rings is 1. The third kappa shape index (κ3) is 4.94. The lowest BCUT2D eigenvalue weighted by atomic mass is 10.1. The number of carbonyl (C=O) groups excluding carboxylic acids is 1. The van der Waals surface area contributed by atoms with Gasteiger partial charge in [0.05, 0.1) is 37.5 Å². The predicted octanol–water partition coefficient (Wildman–Crippen LogP) is 3.31. The molecule has 0 radical (unpaired) electrons. The Morgan fingerprint density at radius 3 is 2.86 bits per heavy atom. The molecule has 0 spiro atoms. The van der Waals surface area contributed by atoms with Crippen molar-refractivity contribution in [3.63, 3.8) is 0 Å². The summed E-state index contributed by atoms with van der Waals surface area (Å²) in [7, 11) is 3.43. The van der Waals surface area contributed by atoms with Gasteiger partial charge in [-0.2, -0.15) is 0 Å². The molecule has 4 aromatic heterocycles. The topological polar surface area (TPSA) is 93.6 Å². The SMILES string of the molecule is COc1cncc(CCN(C)C(=O)c2csc3nc(-c4ccccn4)nc(N4CCOCC4)c23)c1. The maximum absolute atomic E-state index is 13.5. The van der Waals surface area contributed by atoms with Crippen molar-refractivity contribution in [2.24, 2.45) is 0 Å². The molecule has 1 saturated heterocycles. The Morgan fingerprint density at radius 1 is 1.23 bits per heavy atom. The van der Waals surface area contributed by atoms with E-state index >= 15 is 0 Å². The molecule has 1 aliphatic rings. The number of hydrogen-bond acceptors (Lipinski definition) is 9. The van der Waals surface area contributed by atoms with E-state index in [2.05, 4.69) is 14.9 Å². The fourth-order valence-corrected chi connectivity index (χ4v) is 4.92. The third-order valence-corrected chi connectivity index (χ3v) is 6.81. The van der Waals surface area contributed by atoms with E-state index < -0.39 is 0 Å². The van der Waals surface area contributed by atoms with Crippen LogP contribution in [-0.4, -0.2) is 77.7 Å². The van der Waals surface area contributed by atoms with E-state index in [-0.39, 0.29) is 5.91 Å². The number of thiophene rings is 1. The Hall–Kier alpha value is -3.63. The number of methoxy groups -OCH3 is 1. The summed E-state index contributed by atoms with van der Waals surface area (Å²) in [5.41, 5.74) is 2.33. The fourth-order valence-electron chi connectivity index (χ4n) is 4.01. The molecule has 180 valence electrons. The maximum Gasteiger partial charge on any atom is 0.255 e. The van der Waals surface area contributed by atoms with Gasteiger partial charge >= 0.3 is 0 Å². The van der Waals surface area contributed by atoms with Gasteiger partial charge in [0.15, 0.2) is 5.82 Å². The van der Waals surface area contributed by atoms with Crippen LogP contribution in [0.2, 0.25) is 0 Å². The molecule has 4 aromatic rings. The monoisotopic (exact) mass is 490 g/mol.